The van der Waals surface area contributed by atoms with Crippen molar-refractivity contribution >= 4 is 23.7 Å². The van der Waals surface area contributed by atoms with E-state index in [2.05, 4.69) is 69.1 Å². The van der Waals surface area contributed by atoms with Crippen molar-refractivity contribution in [3.8, 4) is 0 Å². The van der Waals surface area contributed by atoms with Crippen molar-refractivity contribution in [1.82, 2.24) is 20.4 Å². The topological polar surface area (TPSA) is 146 Å². The van der Waals surface area contributed by atoms with Gasteiger partial charge in [-0.1, -0.05) is 104 Å². The summed E-state index contributed by atoms with van der Waals surface area (Å²) in [5.41, 5.74) is 14.0. The first kappa shape index (κ1) is 35.6. The molecule has 3 amide bonds. The fraction of sp³-hybridized carbons (Fsp3) is 0.436. The first-order chi connectivity index (χ1) is 23.8. The Hall–Kier alpha value is -4.70. The van der Waals surface area contributed by atoms with Gasteiger partial charge in [-0.05, 0) is 47.8 Å². The van der Waals surface area contributed by atoms with Crippen molar-refractivity contribution in [3.63, 3.8) is 0 Å². The lowest BCUT2D eigenvalue weighted by molar-refractivity contribution is -0.137. The maximum absolute atomic E-state index is 13.8. The van der Waals surface area contributed by atoms with Crippen molar-refractivity contribution in [2.45, 2.75) is 70.0 Å². The summed E-state index contributed by atoms with van der Waals surface area (Å²) in [6.45, 7) is 3.57. The van der Waals surface area contributed by atoms with Gasteiger partial charge in [-0.2, -0.15) is 0 Å². The Labute approximate surface area is 290 Å². The molecule has 260 valence electrons. The van der Waals surface area contributed by atoms with Gasteiger partial charge in [0.15, 0.2) is 5.96 Å². The van der Waals surface area contributed by atoms with Gasteiger partial charge in [-0.15, -0.1) is 0 Å². The van der Waals surface area contributed by atoms with Crippen LogP contribution in [0.1, 0.15) is 74.1 Å². The van der Waals surface area contributed by atoms with E-state index >= 15 is 0 Å². The van der Waals surface area contributed by atoms with Gasteiger partial charge in [0.05, 0.1) is 6.04 Å². The number of piperazine rings is 1. The zero-order chi connectivity index (χ0) is 34.5. The van der Waals surface area contributed by atoms with E-state index in [1.54, 1.807) is 0 Å². The smallest absolute Gasteiger partial charge is 0.242 e. The Kier molecular flexibility index (Phi) is 12.8. The molecule has 2 fully saturated rings. The lowest BCUT2D eigenvalue weighted by atomic mass is 9.78. The highest BCUT2D eigenvalue weighted by atomic mass is 16.2. The van der Waals surface area contributed by atoms with Gasteiger partial charge in [0.2, 0.25) is 17.7 Å². The number of guanidine groups is 1. The number of carbonyl (C=O) groups is 3. The Morgan fingerprint density at radius 2 is 1.35 bits per heavy atom. The summed E-state index contributed by atoms with van der Waals surface area (Å²) in [4.78, 5) is 49.1. The van der Waals surface area contributed by atoms with Gasteiger partial charge in [-0.3, -0.25) is 24.3 Å². The second-order valence-corrected chi connectivity index (χ2v) is 13.5. The molecule has 3 aromatic carbocycles. The van der Waals surface area contributed by atoms with Crippen LogP contribution in [0.3, 0.4) is 0 Å². The molecule has 10 heteroatoms. The zero-order valence-corrected chi connectivity index (χ0v) is 28.4. The third-order valence-corrected chi connectivity index (χ3v) is 9.90. The molecule has 5 rings (SSSR count). The molecule has 6 N–H and O–H groups in total. The molecule has 1 aliphatic carbocycles. The first-order valence-corrected chi connectivity index (χ1v) is 17.6. The van der Waals surface area contributed by atoms with Crippen molar-refractivity contribution in [2.75, 3.05) is 32.7 Å². The second kappa shape index (κ2) is 17.6. The number of carbonyl (C=O) groups excluding carboxylic acids is 3. The summed E-state index contributed by atoms with van der Waals surface area (Å²) in [6.07, 6.45) is 5.12. The van der Waals surface area contributed by atoms with Crippen LogP contribution in [0.4, 0.5) is 0 Å². The van der Waals surface area contributed by atoms with Crippen molar-refractivity contribution in [1.29, 1.82) is 0 Å². The lowest BCUT2D eigenvalue weighted by Crippen LogP contribution is -2.51. The highest BCUT2D eigenvalue weighted by molar-refractivity contribution is 5.88. The van der Waals surface area contributed by atoms with Crippen LogP contribution in [0, 0.1) is 5.41 Å². The number of hydrogen-bond acceptors (Lipinski definition) is 5. The SMILES string of the molecule is NC(N)=NCCCC(NC(=O)CC1(CC(=O)N2CCN(C(c3ccccc3)c3ccccc3)CC2)CCCC1)C(=O)NCc1ccccc1. The van der Waals surface area contributed by atoms with Gasteiger partial charge in [0, 0.05) is 52.1 Å². The third-order valence-electron chi connectivity index (χ3n) is 9.90. The molecular weight excluding hydrogens is 614 g/mol. The van der Waals surface area contributed by atoms with Gasteiger partial charge in [0.25, 0.3) is 0 Å². The van der Waals surface area contributed by atoms with Crippen LogP contribution in [0.25, 0.3) is 0 Å². The highest BCUT2D eigenvalue weighted by Gasteiger charge is 2.40. The third kappa shape index (κ3) is 10.4. The van der Waals surface area contributed by atoms with E-state index in [4.69, 9.17) is 11.5 Å². The molecule has 1 heterocycles. The second-order valence-electron chi connectivity index (χ2n) is 13.5. The average Bonchev–Trinajstić information content (AvgIpc) is 3.57. The standard InChI is InChI=1S/C39H51N7O3/c40-38(41)42-22-12-19-33(37(49)43-29-30-13-4-1-5-14-30)44-34(47)27-39(20-10-11-21-39)28-35(48)45-23-25-46(26-24-45)36(31-15-6-2-7-16-31)32-17-8-3-9-18-32/h1-9,13-18,33,36H,10-12,19-29H2,(H,43,49)(H,44,47)(H4,40,41,42). The van der Waals surface area contributed by atoms with Crippen molar-refractivity contribution in [2.24, 2.45) is 21.9 Å². The minimum absolute atomic E-state index is 0.00410. The molecular formula is C39H51N7O3. The molecule has 0 spiro atoms. The van der Waals surface area contributed by atoms with Crippen molar-refractivity contribution in [3.05, 3.63) is 108 Å². The summed E-state index contributed by atoms with van der Waals surface area (Å²) < 4.78 is 0. The molecule has 1 saturated carbocycles. The molecule has 1 saturated heterocycles. The molecule has 10 nitrogen and oxygen atoms in total. The maximum Gasteiger partial charge on any atom is 0.242 e. The average molecular weight is 666 g/mol. The van der Waals surface area contributed by atoms with E-state index in [0.717, 1.165) is 44.3 Å². The molecule has 0 aromatic heterocycles. The number of nitrogens with two attached hydrogens (primary N) is 2. The number of aliphatic imine (C=N–C) groups is 1. The molecule has 0 bridgehead atoms. The largest absolute Gasteiger partial charge is 0.370 e. The summed E-state index contributed by atoms with van der Waals surface area (Å²) in [7, 11) is 0. The van der Waals surface area contributed by atoms with Gasteiger partial charge < -0.3 is 27.0 Å². The fourth-order valence-corrected chi connectivity index (χ4v) is 7.35. The minimum atomic E-state index is -0.727. The predicted octanol–water partition coefficient (Wildman–Crippen LogP) is 4.12. The maximum atomic E-state index is 13.8. The van der Waals surface area contributed by atoms with Crippen LogP contribution < -0.4 is 22.1 Å². The van der Waals surface area contributed by atoms with Crippen LogP contribution in [-0.2, 0) is 20.9 Å². The van der Waals surface area contributed by atoms with Gasteiger partial charge in [0.1, 0.15) is 6.04 Å². The van der Waals surface area contributed by atoms with E-state index in [9.17, 15) is 14.4 Å². The van der Waals surface area contributed by atoms with Gasteiger partial charge in [-0.25, -0.2) is 0 Å². The Bertz CT molecular complexity index is 1480. The fourth-order valence-electron chi connectivity index (χ4n) is 7.35. The number of nitrogens with one attached hydrogen (secondary N) is 2. The summed E-state index contributed by atoms with van der Waals surface area (Å²) in [6, 6.07) is 30.1. The number of amides is 3. The summed E-state index contributed by atoms with van der Waals surface area (Å²) in [5, 5.41) is 5.96. The Balaban J connectivity index is 1.18. The number of rotatable bonds is 15. The molecule has 49 heavy (non-hydrogen) atoms. The van der Waals surface area contributed by atoms with Crippen molar-refractivity contribution < 1.29 is 14.4 Å². The van der Waals surface area contributed by atoms with Crippen LogP contribution in [0.5, 0.6) is 0 Å². The molecule has 1 aliphatic heterocycles. The zero-order valence-electron chi connectivity index (χ0n) is 28.4. The molecule has 2 aliphatic rings. The summed E-state index contributed by atoms with van der Waals surface area (Å²) in [5.74, 6) is -0.342. The summed E-state index contributed by atoms with van der Waals surface area (Å²) >= 11 is 0. The normalized spacial score (nSPS) is 16.6. The molecule has 1 atom stereocenters. The Morgan fingerprint density at radius 3 is 1.92 bits per heavy atom. The minimum Gasteiger partial charge on any atom is -0.370 e. The number of hydrogen-bond donors (Lipinski definition) is 4. The monoisotopic (exact) mass is 665 g/mol. The lowest BCUT2D eigenvalue weighted by Gasteiger charge is -2.41. The number of benzene rings is 3. The highest BCUT2D eigenvalue weighted by Crippen LogP contribution is 2.44. The quantitative estimate of drug-likeness (QED) is 0.109. The predicted molar refractivity (Wildman–Crippen MR) is 193 cm³/mol. The Morgan fingerprint density at radius 1 is 0.776 bits per heavy atom. The van der Waals surface area contributed by atoms with E-state index < -0.39 is 11.5 Å². The van der Waals surface area contributed by atoms with Crippen LogP contribution in [-0.4, -0.2) is 72.2 Å². The van der Waals surface area contributed by atoms with Crippen LogP contribution >= 0.6 is 0 Å². The van der Waals surface area contributed by atoms with Crippen LogP contribution in [0.15, 0.2) is 96.0 Å². The number of nitrogens with zero attached hydrogens (tertiary/aromatic N) is 3. The van der Waals surface area contributed by atoms with Gasteiger partial charge >= 0.3 is 0 Å². The van der Waals surface area contributed by atoms with E-state index in [0.29, 0.717) is 45.4 Å². The first-order valence-electron chi connectivity index (χ1n) is 17.6. The van der Waals surface area contributed by atoms with E-state index in [-0.39, 0.29) is 36.1 Å². The molecule has 3 aromatic rings. The van der Waals surface area contributed by atoms with E-state index in [1.165, 1.54) is 11.1 Å². The van der Waals surface area contributed by atoms with E-state index in [1.807, 2.05) is 47.4 Å². The molecule has 1 unspecified atom stereocenters. The molecule has 0 radical (unpaired) electrons. The van der Waals surface area contributed by atoms with Crippen LogP contribution in [0.2, 0.25) is 0 Å².